The van der Waals surface area contributed by atoms with Gasteiger partial charge in [-0.2, -0.15) is 0 Å². The van der Waals surface area contributed by atoms with Gasteiger partial charge in [-0.25, -0.2) is 4.79 Å². The number of amides is 1. The molecular weight excluding hydrogens is 310 g/mol. The van der Waals surface area contributed by atoms with Crippen molar-refractivity contribution in [2.24, 2.45) is 0 Å². The molecule has 0 aliphatic rings. The molecule has 19 heavy (non-hydrogen) atoms. The molecule has 0 fully saturated rings. The van der Waals surface area contributed by atoms with Gasteiger partial charge < -0.3 is 14.8 Å². The van der Waals surface area contributed by atoms with E-state index in [1.165, 1.54) is 0 Å². The molecule has 0 heterocycles. The Hall–Kier alpha value is -1.36. The highest BCUT2D eigenvalue weighted by Gasteiger charge is 2.30. The summed E-state index contributed by atoms with van der Waals surface area (Å²) in [5.74, 6) is 0. The van der Waals surface area contributed by atoms with Crippen LogP contribution in [0.2, 0.25) is 0 Å². The molecule has 0 aliphatic heterocycles. The van der Waals surface area contributed by atoms with Gasteiger partial charge in [-0.3, -0.25) is 0 Å². The molecule has 0 aromatic heterocycles. The summed E-state index contributed by atoms with van der Waals surface area (Å²) in [7, 11) is 0. The monoisotopic (exact) mass is 327 g/mol. The van der Waals surface area contributed by atoms with Crippen LogP contribution in [-0.4, -0.2) is 18.0 Å². The summed E-state index contributed by atoms with van der Waals surface area (Å²) in [6.45, 7) is 6.93. The van der Waals surface area contributed by atoms with Crippen LogP contribution in [0, 0.1) is 0 Å². The lowest BCUT2D eigenvalue weighted by molar-refractivity contribution is -0.113. The largest absolute Gasteiger partial charge is 0.444 e. The maximum Gasteiger partial charge on any atom is 0.408 e. The molecule has 1 aromatic rings. The molecule has 1 rings (SSSR count). The Labute approximate surface area is 121 Å². The minimum Gasteiger partial charge on any atom is -0.444 e. The molecule has 0 unspecified atom stereocenters. The molecule has 0 saturated heterocycles. The highest BCUT2D eigenvalue weighted by molar-refractivity contribution is 9.10. The molecule has 5 heteroatoms. The van der Waals surface area contributed by atoms with E-state index in [9.17, 15) is 9.59 Å². The summed E-state index contributed by atoms with van der Waals surface area (Å²) in [6.07, 6.45) is 0.0701. The Bertz CT molecular complexity index is 482. The van der Waals surface area contributed by atoms with E-state index < -0.39 is 17.2 Å². The quantitative estimate of drug-likeness (QED) is 0.866. The van der Waals surface area contributed by atoms with Gasteiger partial charge in [0.15, 0.2) is 0 Å². The van der Waals surface area contributed by atoms with Gasteiger partial charge in [-0.1, -0.05) is 28.1 Å². The van der Waals surface area contributed by atoms with Crippen LogP contribution >= 0.6 is 15.9 Å². The Kier molecular flexibility index (Phi) is 4.74. The van der Waals surface area contributed by atoms with Crippen molar-refractivity contribution in [2.45, 2.75) is 38.8 Å². The van der Waals surface area contributed by atoms with Crippen molar-refractivity contribution in [1.82, 2.24) is 5.32 Å². The first-order valence-electron chi connectivity index (χ1n) is 5.90. The first-order valence-corrected chi connectivity index (χ1v) is 6.69. The van der Waals surface area contributed by atoms with Gasteiger partial charge in [0.25, 0.3) is 0 Å². The molecule has 0 saturated carbocycles. The summed E-state index contributed by atoms with van der Waals surface area (Å²) in [5.41, 5.74) is -1.04. The Morgan fingerprint density at radius 3 is 2.42 bits per heavy atom. The van der Waals surface area contributed by atoms with E-state index in [1.54, 1.807) is 45.9 Å². The van der Waals surface area contributed by atoms with Crippen LogP contribution in [0.25, 0.3) is 0 Å². The van der Waals surface area contributed by atoms with Crippen molar-refractivity contribution in [3.05, 3.63) is 34.3 Å². The molecule has 1 amide bonds. The Morgan fingerprint density at radius 1 is 1.32 bits per heavy atom. The predicted molar refractivity (Wildman–Crippen MR) is 76.9 cm³/mol. The summed E-state index contributed by atoms with van der Waals surface area (Å²) in [5, 5.41) is 2.59. The smallest absolute Gasteiger partial charge is 0.408 e. The van der Waals surface area contributed by atoms with Gasteiger partial charge in [0.05, 0.1) is 0 Å². The molecule has 0 spiro atoms. The highest BCUT2D eigenvalue weighted by Crippen LogP contribution is 2.22. The minimum atomic E-state index is -1.12. The van der Waals surface area contributed by atoms with Crippen LogP contribution in [0.1, 0.15) is 33.3 Å². The third kappa shape index (κ3) is 4.67. The first kappa shape index (κ1) is 15.7. The summed E-state index contributed by atoms with van der Waals surface area (Å²) in [6, 6.07) is 7.21. The number of carbonyl (C=O) groups is 2. The van der Waals surface area contributed by atoms with E-state index in [1.807, 2.05) is 6.07 Å². The number of benzene rings is 1. The first-order chi connectivity index (χ1) is 8.66. The van der Waals surface area contributed by atoms with Crippen molar-refractivity contribution in [3.8, 4) is 0 Å². The topological polar surface area (TPSA) is 55.4 Å². The van der Waals surface area contributed by atoms with E-state index in [2.05, 4.69) is 21.2 Å². The van der Waals surface area contributed by atoms with Crippen LogP contribution in [-0.2, 0) is 15.1 Å². The second-order valence-corrected chi connectivity index (χ2v) is 6.37. The van der Waals surface area contributed by atoms with Gasteiger partial charge >= 0.3 is 6.09 Å². The molecular formula is C14H18BrNO3. The molecule has 4 nitrogen and oxygen atoms in total. The summed E-state index contributed by atoms with van der Waals surface area (Å²) >= 11 is 3.34. The normalized spacial score (nSPS) is 14.4. The number of ether oxygens (including phenoxy) is 1. The van der Waals surface area contributed by atoms with E-state index in [0.29, 0.717) is 11.8 Å². The zero-order valence-electron chi connectivity index (χ0n) is 11.5. The zero-order valence-corrected chi connectivity index (χ0v) is 13.1. The van der Waals surface area contributed by atoms with Crippen LogP contribution in [0.15, 0.2) is 28.7 Å². The second-order valence-electron chi connectivity index (χ2n) is 5.46. The van der Waals surface area contributed by atoms with E-state index in [4.69, 9.17) is 4.74 Å². The number of alkyl carbamates (subject to hydrolysis) is 1. The molecule has 0 radical (unpaired) electrons. The maximum atomic E-state index is 11.8. The third-order valence-electron chi connectivity index (χ3n) is 2.42. The van der Waals surface area contributed by atoms with E-state index >= 15 is 0 Å². The molecule has 104 valence electrons. The standard InChI is InChI=1S/C14H18BrNO3/c1-13(2,3)19-12(18)16-14(4,9-17)10-6-5-7-11(15)8-10/h5-9H,1-4H3,(H,16,18)/t14-/m0/s1. The van der Waals surface area contributed by atoms with Crippen LogP contribution in [0.5, 0.6) is 0 Å². The Balaban J connectivity index is 2.93. The van der Waals surface area contributed by atoms with Gasteiger partial charge in [0.1, 0.15) is 17.4 Å². The van der Waals surface area contributed by atoms with Crippen molar-refractivity contribution in [1.29, 1.82) is 0 Å². The predicted octanol–water partition coefficient (Wildman–Crippen LogP) is 3.39. The van der Waals surface area contributed by atoms with Crippen LogP contribution < -0.4 is 5.32 Å². The zero-order chi connectivity index (χ0) is 14.7. The fourth-order valence-corrected chi connectivity index (χ4v) is 1.90. The van der Waals surface area contributed by atoms with Gasteiger partial charge in [-0.15, -0.1) is 0 Å². The maximum absolute atomic E-state index is 11.8. The van der Waals surface area contributed by atoms with Gasteiger partial charge in [0.2, 0.25) is 0 Å². The van der Waals surface area contributed by atoms with Crippen molar-refractivity contribution in [3.63, 3.8) is 0 Å². The van der Waals surface area contributed by atoms with Gasteiger partial charge in [-0.05, 0) is 45.4 Å². The fraction of sp³-hybridized carbons (Fsp3) is 0.429. The minimum absolute atomic E-state index is 0.606. The summed E-state index contributed by atoms with van der Waals surface area (Å²) < 4.78 is 6.00. The molecule has 0 bridgehead atoms. The number of halogens is 1. The number of rotatable bonds is 3. The van der Waals surface area contributed by atoms with Crippen LogP contribution in [0.4, 0.5) is 4.79 Å². The Morgan fingerprint density at radius 2 is 1.95 bits per heavy atom. The lowest BCUT2D eigenvalue weighted by Gasteiger charge is -2.28. The van der Waals surface area contributed by atoms with E-state index in [0.717, 1.165) is 4.47 Å². The molecule has 0 aliphatic carbocycles. The number of aldehydes is 1. The molecule has 1 N–H and O–H groups in total. The second kappa shape index (κ2) is 5.74. The van der Waals surface area contributed by atoms with Crippen molar-refractivity contribution >= 4 is 28.3 Å². The van der Waals surface area contributed by atoms with Crippen molar-refractivity contribution < 1.29 is 14.3 Å². The summed E-state index contributed by atoms with van der Waals surface area (Å²) in [4.78, 5) is 23.1. The number of carbonyl (C=O) groups excluding carboxylic acids is 2. The SMILES string of the molecule is CC(C)(C)OC(=O)N[C@@](C)(C=O)c1cccc(Br)c1. The lowest BCUT2D eigenvalue weighted by atomic mass is 9.94. The van der Waals surface area contributed by atoms with E-state index in [-0.39, 0.29) is 0 Å². The highest BCUT2D eigenvalue weighted by atomic mass is 79.9. The van der Waals surface area contributed by atoms with Crippen molar-refractivity contribution in [2.75, 3.05) is 0 Å². The number of hydrogen-bond donors (Lipinski definition) is 1. The molecule has 1 aromatic carbocycles. The van der Waals surface area contributed by atoms with Crippen LogP contribution in [0.3, 0.4) is 0 Å². The fourth-order valence-electron chi connectivity index (χ4n) is 1.50. The number of nitrogens with one attached hydrogen (secondary N) is 1. The number of hydrogen-bond acceptors (Lipinski definition) is 3. The average Bonchev–Trinajstić information content (AvgIpc) is 2.26. The third-order valence-corrected chi connectivity index (χ3v) is 2.91. The van der Waals surface area contributed by atoms with Gasteiger partial charge in [0, 0.05) is 4.47 Å². The molecule has 1 atom stereocenters. The lowest BCUT2D eigenvalue weighted by Crippen LogP contribution is -2.46. The average molecular weight is 328 g/mol.